The molecule has 0 radical (unpaired) electrons. The molecular weight excluding hydrogens is 468 g/mol. The molecule has 0 unspecified atom stereocenters. The van der Waals surface area contributed by atoms with Crippen LogP contribution in [0, 0.1) is 6.92 Å². The Bertz CT molecular complexity index is 1370. The summed E-state index contributed by atoms with van der Waals surface area (Å²) in [6, 6.07) is 4.77. The molecule has 0 atom stereocenters. The number of nitrogens with zero attached hydrogens (tertiary/aromatic N) is 5. The first-order valence-corrected chi connectivity index (χ1v) is 13.5. The van der Waals surface area contributed by atoms with E-state index in [1.54, 1.807) is 17.7 Å². The van der Waals surface area contributed by atoms with Gasteiger partial charge in [0.1, 0.15) is 11.5 Å². The molecule has 3 fully saturated rings. The molecule has 1 N–H and O–H groups in total. The fraction of sp³-hybridized carbons (Fsp3) is 0.536. The van der Waals surface area contributed by atoms with Crippen molar-refractivity contribution in [2.24, 2.45) is 0 Å². The maximum atomic E-state index is 13.4. The van der Waals surface area contributed by atoms with Gasteiger partial charge in [0.2, 0.25) is 5.95 Å². The van der Waals surface area contributed by atoms with Gasteiger partial charge in [-0.2, -0.15) is 4.98 Å². The predicted molar refractivity (Wildman–Crippen MR) is 142 cm³/mol. The summed E-state index contributed by atoms with van der Waals surface area (Å²) < 4.78 is 7.08. The van der Waals surface area contributed by atoms with Gasteiger partial charge in [-0.1, -0.05) is 18.9 Å². The number of piperidine rings is 1. The SMILES string of the molecule is CC(=O)c1c(C)c2cnc(Nc3ccc(C4CCN(C5COC5)CC4)cn3)nc2n(C2CCCC2)c1=O. The van der Waals surface area contributed by atoms with Crippen LogP contribution in [0.1, 0.15) is 78.9 Å². The zero-order valence-corrected chi connectivity index (χ0v) is 21.6. The molecule has 3 aliphatic rings. The van der Waals surface area contributed by atoms with Crippen LogP contribution >= 0.6 is 0 Å². The molecule has 1 aliphatic carbocycles. The van der Waals surface area contributed by atoms with Crippen LogP contribution in [-0.2, 0) is 4.74 Å². The minimum absolute atomic E-state index is 0.0529. The van der Waals surface area contributed by atoms with Crippen molar-refractivity contribution in [3.05, 3.63) is 51.6 Å². The van der Waals surface area contributed by atoms with Gasteiger partial charge in [-0.05, 0) is 75.7 Å². The second-order valence-electron chi connectivity index (χ2n) is 10.7. The smallest absolute Gasteiger partial charge is 0.263 e. The van der Waals surface area contributed by atoms with Crippen molar-refractivity contribution in [3.63, 3.8) is 0 Å². The number of aromatic nitrogens is 4. The number of pyridine rings is 2. The van der Waals surface area contributed by atoms with Gasteiger partial charge in [-0.3, -0.25) is 19.1 Å². The number of anilines is 2. The summed E-state index contributed by atoms with van der Waals surface area (Å²) >= 11 is 0. The zero-order chi connectivity index (χ0) is 25.5. The normalized spacial score (nSPS) is 19.8. The van der Waals surface area contributed by atoms with Crippen molar-refractivity contribution >= 4 is 28.6 Å². The minimum atomic E-state index is -0.243. The average molecular weight is 503 g/mol. The third-order valence-electron chi connectivity index (χ3n) is 8.41. The number of ketones is 1. The summed E-state index contributed by atoms with van der Waals surface area (Å²) in [5, 5.41) is 3.96. The second kappa shape index (κ2) is 9.95. The highest BCUT2D eigenvalue weighted by Crippen LogP contribution is 2.33. The number of carbonyl (C=O) groups excluding carboxylic acids is 1. The third kappa shape index (κ3) is 4.55. The Morgan fingerprint density at radius 1 is 1.03 bits per heavy atom. The summed E-state index contributed by atoms with van der Waals surface area (Å²) in [4.78, 5) is 42.2. The highest BCUT2D eigenvalue weighted by atomic mass is 16.5. The van der Waals surface area contributed by atoms with Crippen molar-refractivity contribution in [2.45, 2.75) is 70.4 Å². The fourth-order valence-corrected chi connectivity index (χ4v) is 6.18. The molecule has 9 heteroatoms. The van der Waals surface area contributed by atoms with Crippen LogP contribution in [0.25, 0.3) is 11.0 Å². The van der Waals surface area contributed by atoms with E-state index in [1.165, 1.54) is 12.5 Å². The number of likely N-dealkylation sites (tertiary alicyclic amines) is 1. The van der Waals surface area contributed by atoms with Crippen LogP contribution in [0.4, 0.5) is 11.8 Å². The average Bonchev–Trinajstić information content (AvgIpc) is 3.38. The molecule has 3 aromatic rings. The summed E-state index contributed by atoms with van der Waals surface area (Å²) in [7, 11) is 0. The molecule has 2 aliphatic heterocycles. The lowest BCUT2D eigenvalue weighted by molar-refractivity contribution is -0.0712. The van der Waals surface area contributed by atoms with Crippen LogP contribution < -0.4 is 10.9 Å². The number of hydrogen-bond donors (Lipinski definition) is 1. The van der Waals surface area contributed by atoms with Gasteiger partial charge < -0.3 is 10.1 Å². The van der Waals surface area contributed by atoms with E-state index in [2.05, 4.69) is 26.3 Å². The van der Waals surface area contributed by atoms with Crippen molar-refractivity contribution in [2.75, 3.05) is 31.6 Å². The number of nitrogens with one attached hydrogen (secondary N) is 1. The molecule has 1 saturated carbocycles. The molecule has 0 spiro atoms. The van der Waals surface area contributed by atoms with Gasteiger partial charge in [0.05, 0.1) is 24.8 Å². The van der Waals surface area contributed by atoms with Gasteiger partial charge in [0, 0.05) is 23.8 Å². The molecule has 9 nitrogen and oxygen atoms in total. The van der Waals surface area contributed by atoms with E-state index < -0.39 is 0 Å². The summed E-state index contributed by atoms with van der Waals surface area (Å²) in [5.74, 6) is 1.37. The highest BCUT2D eigenvalue weighted by molar-refractivity contribution is 5.99. The first-order valence-electron chi connectivity index (χ1n) is 13.5. The fourth-order valence-electron chi connectivity index (χ4n) is 6.18. The van der Waals surface area contributed by atoms with Crippen LogP contribution in [0.2, 0.25) is 0 Å². The van der Waals surface area contributed by atoms with Gasteiger partial charge in [-0.15, -0.1) is 0 Å². The number of fused-ring (bicyclic) bond motifs is 1. The first-order chi connectivity index (χ1) is 18.0. The van der Waals surface area contributed by atoms with E-state index in [1.807, 2.05) is 12.3 Å². The Morgan fingerprint density at radius 3 is 2.41 bits per heavy atom. The largest absolute Gasteiger partial charge is 0.378 e. The molecule has 0 aromatic carbocycles. The Hall–Kier alpha value is -3.17. The summed E-state index contributed by atoms with van der Waals surface area (Å²) in [5.41, 5.74) is 2.49. The summed E-state index contributed by atoms with van der Waals surface area (Å²) in [6.07, 6.45) is 9.92. The lowest BCUT2D eigenvalue weighted by Gasteiger charge is -2.41. The number of hydrogen-bond acceptors (Lipinski definition) is 8. The Kier molecular flexibility index (Phi) is 6.50. The van der Waals surface area contributed by atoms with Crippen molar-refractivity contribution in [1.29, 1.82) is 0 Å². The Morgan fingerprint density at radius 2 is 1.78 bits per heavy atom. The number of carbonyl (C=O) groups is 1. The van der Waals surface area contributed by atoms with Crippen LogP contribution in [0.5, 0.6) is 0 Å². The quantitative estimate of drug-likeness (QED) is 0.502. The van der Waals surface area contributed by atoms with Gasteiger partial charge in [0.15, 0.2) is 5.78 Å². The standard InChI is InChI=1S/C28H34N6O3/c1-17-23-14-30-28(32-26(23)34(21-5-3-4-6-21)27(36)25(17)18(2)35)31-24-8-7-20(13-29-24)19-9-11-33(12-10-19)22-15-37-16-22/h7-8,13-14,19,21-22H,3-6,9-12,15-16H2,1-2H3,(H,29,30,31,32). The second-order valence-corrected chi connectivity index (χ2v) is 10.7. The van der Waals surface area contributed by atoms with E-state index in [4.69, 9.17) is 9.72 Å². The lowest BCUT2D eigenvalue weighted by atomic mass is 9.89. The van der Waals surface area contributed by atoms with Crippen molar-refractivity contribution in [1.82, 2.24) is 24.4 Å². The van der Waals surface area contributed by atoms with E-state index in [0.29, 0.717) is 34.9 Å². The van der Waals surface area contributed by atoms with Crippen LogP contribution in [-0.4, -0.2) is 62.5 Å². The number of ether oxygens (including phenoxy) is 1. The molecule has 3 aromatic heterocycles. The molecule has 194 valence electrons. The molecular formula is C28H34N6O3. The molecule has 2 saturated heterocycles. The highest BCUT2D eigenvalue weighted by Gasteiger charge is 2.30. The van der Waals surface area contributed by atoms with Gasteiger partial charge in [-0.25, -0.2) is 9.97 Å². The lowest BCUT2D eigenvalue weighted by Crippen LogP contribution is -2.51. The van der Waals surface area contributed by atoms with Crippen molar-refractivity contribution < 1.29 is 9.53 Å². The van der Waals surface area contributed by atoms with E-state index in [-0.39, 0.29) is 22.9 Å². The van der Waals surface area contributed by atoms with Crippen LogP contribution in [0.15, 0.2) is 29.3 Å². The monoisotopic (exact) mass is 502 g/mol. The Balaban J connectivity index is 1.24. The molecule has 0 amide bonds. The van der Waals surface area contributed by atoms with E-state index in [9.17, 15) is 9.59 Å². The Labute approximate surface area is 216 Å². The topological polar surface area (TPSA) is 102 Å². The van der Waals surface area contributed by atoms with Crippen molar-refractivity contribution in [3.8, 4) is 0 Å². The maximum absolute atomic E-state index is 13.4. The first kappa shape index (κ1) is 24.2. The van der Waals surface area contributed by atoms with Crippen LogP contribution in [0.3, 0.4) is 0 Å². The number of aryl methyl sites for hydroxylation is 1. The maximum Gasteiger partial charge on any atom is 0.263 e. The van der Waals surface area contributed by atoms with Gasteiger partial charge >= 0.3 is 0 Å². The minimum Gasteiger partial charge on any atom is -0.378 e. The third-order valence-corrected chi connectivity index (χ3v) is 8.41. The zero-order valence-electron chi connectivity index (χ0n) is 21.6. The van der Waals surface area contributed by atoms with E-state index >= 15 is 0 Å². The number of rotatable bonds is 6. The molecule has 6 rings (SSSR count). The molecule has 37 heavy (non-hydrogen) atoms. The van der Waals surface area contributed by atoms with Gasteiger partial charge in [0.25, 0.3) is 5.56 Å². The molecule has 5 heterocycles. The number of Topliss-reactive ketones (excluding diaryl/α,β-unsaturated/α-hetero) is 1. The van der Waals surface area contributed by atoms with E-state index in [0.717, 1.165) is 70.2 Å². The molecule has 0 bridgehead atoms. The summed E-state index contributed by atoms with van der Waals surface area (Å²) in [6.45, 7) is 7.22. The predicted octanol–water partition coefficient (Wildman–Crippen LogP) is 4.13.